The van der Waals surface area contributed by atoms with E-state index in [1.807, 2.05) is 18.2 Å². The highest BCUT2D eigenvalue weighted by molar-refractivity contribution is 5.59. The molecule has 102 valence electrons. The van der Waals surface area contributed by atoms with Crippen molar-refractivity contribution in [3.05, 3.63) is 59.7 Å². The Bertz CT molecular complexity index is 626. The Balaban J connectivity index is 1.79. The van der Waals surface area contributed by atoms with E-state index in [0.29, 0.717) is 11.7 Å². The van der Waals surface area contributed by atoms with Gasteiger partial charge in [-0.1, -0.05) is 30.3 Å². The van der Waals surface area contributed by atoms with Crippen LogP contribution in [-0.2, 0) is 4.74 Å². The van der Waals surface area contributed by atoms with Crippen molar-refractivity contribution in [1.82, 2.24) is 0 Å². The first-order valence-electron chi connectivity index (χ1n) is 7.09. The van der Waals surface area contributed by atoms with Crippen LogP contribution in [0.2, 0.25) is 0 Å². The number of nitrogens with one attached hydrogen (secondary N) is 1. The molecule has 0 aliphatic carbocycles. The number of aromatic hydroxyl groups is 1. The van der Waals surface area contributed by atoms with Crippen LogP contribution >= 0.6 is 0 Å². The van der Waals surface area contributed by atoms with Gasteiger partial charge in [0.2, 0.25) is 0 Å². The molecular formula is C17H17NO2. The molecule has 0 aromatic heterocycles. The molecule has 3 heteroatoms. The van der Waals surface area contributed by atoms with E-state index >= 15 is 0 Å². The SMILES string of the molecule is Oc1ccc2c(c1)[C@H]1OCC[C@H]1[C@@H](c1ccccc1)N2. The van der Waals surface area contributed by atoms with Gasteiger partial charge in [-0.15, -0.1) is 0 Å². The fourth-order valence-electron chi connectivity index (χ4n) is 3.45. The van der Waals surface area contributed by atoms with Crippen molar-refractivity contribution < 1.29 is 9.84 Å². The third kappa shape index (κ3) is 1.78. The van der Waals surface area contributed by atoms with Crippen molar-refractivity contribution >= 4 is 5.69 Å². The molecule has 2 heterocycles. The van der Waals surface area contributed by atoms with Crippen LogP contribution in [0.3, 0.4) is 0 Å². The van der Waals surface area contributed by atoms with E-state index in [2.05, 4.69) is 29.6 Å². The Labute approximate surface area is 118 Å². The van der Waals surface area contributed by atoms with Gasteiger partial charge in [-0.2, -0.15) is 0 Å². The molecular weight excluding hydrogens is 250 g/mol. The van der Waals surface area contributed by atoms with Gasteiger partial charge in [-0.05, 0) is 30.2 Å². The fourth-order valence-corrected chi connectivity index (χ4v) is 3.45. The summed E-state index contributed by atoms with van der Waals surface area (Å²) >= 11 is 0. The number of hydrogen-bond donors (Lipinski definition) is 2. The van der Waals surface area contributed by atoms with E-state index < -0.39 is 0 Å². The maximum Gasteiger partial charge on any atom is 0.116 e. The smallest absolute Gasteiger partial charge is 0.116 e. The summed E-state index contributed by atoms with van der Waals surface area (Å²) in [5, 5.41) is 13.3. The predicted octanol–water partition coefficient (Wildman–Crippen LogP) is 3.64. The summed E-state index contributed by atoms with van der Waals surface area (Å²) in [6.07, 6.45) is 1.13. The molecule has 0 saturated carbocycles. The van der Waals surface area contributed by atoms with Crippen molar-refractivity contribution in [2.75, 3.05) is 11.9 Å². The second kappa shape index (κ2) is 4.53. The zero-order chi connectivity index (χ0) is 13.5. The Morgan fingerprint density at radius 2 is 1.95 bits per heavy atom. The Kier molecular flexibility index (Phi) is 2.67. The summed E-state index contributed by atoms with van der Waals surface area (Å²) in [4.78, 5) is 0. The van der Waals surface area contributed by atoms with Crippen LogP contribution in [0.5, 0.6) is 5.75 Å². The van der Waals surface area contributed by atoms with Crippen LogP contribution in [-0.4, -0.2) is 11.7 Å². The highest BCUT2D eigenvalue weighted by Crippen LogP contribution is 2.50. The minimum atomic E-state index is 0.0866. The number of phenolic OH excluding ortho intramolecular Hbond substituents is 1. The molecule has 0 radical (unpaired) electrons. The first-order chi connectivity index (χ1) is 9.83. The Morgan fingerprint density at radius 1 is 1.10 bits per heavy atom. The van der Waals surface area contributed by atoms with Crippen molar-refractivity contribution in [2.24, 2.45) is 5.92 Å². The largest absolute Gasteiger partial charge is 0.508 e. The summed E-state index contributed by atoms with van der Waals surface area (Å²) in [7, 11) is 0. The van der Waals surface area contributed by atoms with E-state index in [4.69, 9.17) is 4.74 Å². The molecule has 1 fully saturated rings. The zero-order valence-corrected chi connectivity index (χ0v) is 11.1. The highest BCUT2D eigenvalue weighted by Gasteiger charge is 2.41. The van der Waals surface area contributed by atoms with E-state index in [1.165, 1.54) is 5.56 Å². The minimum Gasteiger partial charge on any atom is -0.508 e. The van der Waals surface area contributed by atoms with Crippen LogP contribution in [0.1, 0.15) is 29.7 Å². The average Bonchev–Trinajstić information content (AvgIpc) is 2.97. The molecule has 3 atom stereocenters. The Hall–Kier alpha value is -2.00. The van der Waals surface area contributed by atoms with Crippen molar-refractivity contribution in [1.29, 1.82) is 0 Å². The fraction of sp³-hybridized carbons (Fsp3) is 0.294. The number of benzene rings is 2. The van der Waals surface area contributed by atoms with Crippen molar-refractivity contribution in [3.63, 3.8) is 0 Å². The van der Waals surface area contributed by atoms with Crippen LogP contribution < -0.4 is 5.32 Å². The number of hydrogen-bond acceptors (Lipinski definition) is 3. The van der Waals surface area contributed by atoms with Gasteiger partial charge < -0.3 is 15.2 Å². The molecule has 2 aliphatic heterocycles. The summed E-state index contributed by atoms with van der Waals surface area (Å²) in [6, 6.07) is 16.3. The third-order valence-corrected chi connectivity index (χ3v) is 4.38. The van der Waals surface area contributed by atoms with Crippen LogP contribution in [0, 0.1) is 5.92 Å². The molecule has 2 aromatic carbocycles. The van der Waals surface area contributed by atoms with Gasteiger partial charge in [0, 0.05) is 23.8 Å². The lowest BCUT2D eigenvalue weighted by atomic mass is 9.81. The van der Waals surface area contributed by atoms with E-state index in [9.17, 15) is 5.11 Å². The summed E-state index contributed by atoms with van der Waals surface area (Å²) in [5.74, 6) is 0.727. The molecule has 2 aliphatic rings. The van der Waals surface area contributed by atoms with E-state index in [1.54, 1.807) is 6.07 Å². The van der Waals surface area contributed by atoms with Gasteiger partial charge in [0.25, 0.3) is 0 Å². The molecule has 0 unspecified atom stereocenters. The molecule has 2 aromatic rings. The lowest BCUT2D eigenvalue weighted by molar-refractivity contribution is 0.0827. The first-order valence-corrected chi connectivity index (χ1v) is 7.09. The van der Waals surface area contributed by atoms with Gasteiger partial charge in [-0.3, -0.25) is 0 Å². The average molecular weight is 267 g/mol. The highest BCUT2D eigenvalue weighted by atomic mass is 16.5. The Morgan fingerprint density at radius 3 is 2.80 bits per heavy atom. The number of phenols is 1. The summed E-state index contributed by atoms with van der Waals surface area (Å²) in [5.41, 5.74) is 3.45. The summed E-state index contributed by atoms with van der Waals surface area (Å²) < 4.78 is 5.94. The molecule has 20 heavy (non-hydrogen) atoms. The van der Waals surface area contributed by atoms with Gasteiger partial charge in [-0.25, -0.2) is 0 Å². The molecule has 3 nitrogen and oxygen atoms in total. The van der Waals surface area contributed by atoms with Gasteiger partial charge >= 0.3 is 0 Å². The maximum absolute atomic E-state index is 9.71. The standard InChI is InChI=1S/C17H17NO2/c19-12-6-7-15-14(10-12)17-13(8-9-20-17)16(18-15)11-4-2-1-3-5-11/h1-7,10,13,16-19H,8-9H2/t13-,16+,17-/m0/s1. The second-order valence-electron chi connectivity index (χ2n) is 5.55. The lowest BCUT2D eigenvalue weighted by Gasteiger charge is -2.36. The number of rotatable bonds is 1. The number of anilines is 1. The lowest BCUT2D eigenvalue weighted by Crippen LogP contribution is -2.29. The van der Waals surface area contributed by atoms with Crippen molar-refractivity contribution in [3.8, 4) is 5.75 Å². The van der Waals surface area contributed by atoms with Gasteiger partial charge in [0.05, 0.1) is 12.1 Å². The predicted molar refractivity (Wildman–Crippen MR) is 77.7 cm³/mol. The minimum absolute atomic E-state index is 0.0866. The summed E-state index contributed by atoms with van der Waals surface area (Å²) in [6.45, 7) is 0.787. The first kappa shape index (κ1) is 11.8. The van der Waals surface area contributed by atoms with Gasteiger partial charge in [0.1, 0.15) is 5.75 Å². The number of ether oxygens (including phenoxy) is 1. The molecule has 0 amide bonds. The van der Waals surface area contributed by atoms with Crippen LogP contribution in [0.15, 0.2) is 48.5 Å². The van der Waals surface area contributed by atoms with E-state index in [0.717, 1.165) is 24.3 Å². The number of fused-ring (bicyclic) bond motifs is 3. The maximum atomic E-state index is 9.71. The second-order valence-corrected chi connectivity index (χ2v) is 5.55. The van der Waals surface area contributed by atoms with Crippen LogP contribution in [0.4, 0.5) is 5.69 Å². The topological polar surface area (TPSA) is 41.5 Å². The monoisotopic (exact) mass is 267 g/mol. The zero-order valence-electron chi connectivity index (χ0n) is 11.1. The molecule has 0 spiro atoms. The molecule has 0 bridgehead atoms. The van der Waals surface area contributed by atoms with Crippen molar-refractivity contribution in [2.45, 2.75) is 18.6 Å². The normalized spacial score (nSPS) is 27.5. The molecule has 1 saturated heterocycles. The molecule has 4 rings (SSSR count). The molecule has 2 N–H and O–H groups in total. The third-order valence-electron chi connectivity index (χ3n) is 4.38. The van der Waals surface area contributed by atoms with Crippen LogP contribution in [0.25, 0.3) is 0 Å². The quantitative estimate of drug-likeness (QED) is 0.775. The van der Waals surface area contributed by atoms with E-state index in [-0.39, 0.29) is 12.1 Å². The van der Waals surface area contributed by atoms with Gasteiger partial charge in [0.15, 0.2) is 0 Å².